The summed E-state index contributed by atoms with van der Waals surface area (Å²) in [6, 6.07) is 2.34. The van der Waals surface area contributed by atoms with Gasteiger partial charge in [-0.15, -0.1) is 0 Å². The molecule has 0 radical (unpaired) electrons. The van der Waals surface area contributed by atoms with Crippen LogP contribution in [0.4, 0.5) is 5.95 Å². The fourth-order valence-electron chi connectivity index (χ4n) is 2.80. The molecule has 0 saturated heterocycles. The van der Waals surface area contributed by atoms with Crippen molar-refractivity contribution in [2.75, 3.05) is 11.9 Å². The van der Waals surface area contributed by atoms with Gasteiger partial charge in [0.1, 0.15) is 0 Å². The van der Waals surface area contributed by atoms with E-state index in [1.165, 1.54) is 25.7 Å². The average Bonchev–Trinajstić information content (AvgIpc) is 2.38. The summed E-state index contributed by atoms with van der Waals surface area (Å²) in [7, 11) is 0. The van der Waals surface area contributed by atoms with Crippen LogP contribution in [-0.2, 0) is 0 Å². The summed E-state index contributed by atoms with van der Waals surface area (Å²) in [4.78, 5) is 8.99. The van der Waals surface area contributed by atoms with Crippen molar-refractivity contribution in [3.63, 3.8) is 0 Å². The molecule has 0 spiro atoms. The fourth-order valence-corrected chi connectivity index (χ4v) is 2.80. The molecule has 1 fully saturated rings. The Morgan fingerprint density at radius 1 is 1.35 bits per heavy atom. The molecule has 1 heterocycles. The van der Waals surface area contributed by atoms with Gasteiger partial charge in [-0.25, -0.2) is 4.98 Å². The predicted molar refractivity (Wildman–Crippen MR) is 82.2 cm³/mol. The predicted octanol–water partition coefficient (Wildman–Crippen LogP) is 3.95. The Kier molecular flexibility index (Phi) is 4.84. The molecule has 1 unspecified atom stereocenters. The quantitative estimate of drug-likeness (QED) is 0.885. The molecule has 1 saturated carbocycles. The van der Waals surface area contributed by atoms with Gasteiger partial charge in [0.25, 0.3) is 0 Å². The van der Waals surface area contributed by atoms with Crippen LogP contribution in [0.15, 0.2) is 6.07 Å². The maximum absolute atomic E-state index is 5.63. The SMILES string of the molecule is CCCOc1cc(C)nc(NC2CCCCC2(C)C)n1. The molecule has 1 aliphatic carbocycles. The molecule has 20 heavy (non-hydrogen) atoms. The number of hydrogen-bond acceptors (Lipinski definition) is 4. The molecule has 4 heteroatoms. The third-order valence-electron chi connectivity index (χ3n) is 4.10. The maximum Gasteiger partial charge on any atom is 0.226 e. The van der Waals surface area contributed by atoms with E-state index in [4.69, 9.17) is 4.74 Å². The minimum Gasteiger partial charge on any atom is -0.478 e. The number of aryl methyl sites for hydroxylation is 1. The van der Waals surface area contributed by atoms with Gasteiger partial charge < -0.3 is 10.1 Å². The molecule has 1 atom stereocenters. The Balaban J connectivity index is 2.09. The second kappa shape index (κ2) is 6.42. The minimum absolute atomic E-state index is 0.301. The van der Waals surface area contributed by atoms with E-state index in [-0.39, 0.29) is 0 Å². The normalized spacial score (nSPS) is 21.5. The van der Waals surface area contributed by atoms with Gasteiger partial charge in [-0.2, -0.15) is 4.98 Å². The number of nitrogens with one attached hydrogen (secondary N) is 1. The first-order chi connectivity index (χ1) is 9.51. The van der Waals surface area contributed by atoms with Gasteiger partial charge in [0.2, 0.25) is 11.8 Å². The number of hydrogen-bond donors (Lipinski definition) is 1. The molecular weight excluding hydrogens is 250 g/mol. The smallest absolute Gasteiger partial charge is 0.226 e. The summed E-state index contributed by atoms with van der Waals surface area (Å²) in [5.41, 5.74) is 1.25. The van der Waals surface area contributed by atoms with E-state index in [0.29, 0.717) is 29.9 Å². The van der Waals surface area contributed by atoms with Crippen molar-refractivity contribution in [3.05, 3.63) is 11.8 Å². The Morgan fingerprint density at radius 3 is 2.85 bits per heavy atom. The topological polar surface area (TPSA) is 47.0 Å². The first-order valence-electron chi connectivity index (χ1n) is 7.76. The highest BCUT2D eigenvalue weighted by Crippen LogP contribution is 2.36. The zero-order valence-electron chi connectivity index (χ0n) is 13.2. The summed E-state index contributed by atoms with van der Waals surface area (Å²) < 4.78 is 5.63. The number of anilines is 1. The molecule has 4 nitrogen and oxygen atoms in total. The van der Waals surface area contributed by atoms with E-state index in [0.717, 1.165) is 12.1 Å². The number of aromatic nitrogens is 2. The van der Waals surface area contributed by atoms with Crippen LogP contribution in [0.1, 0.15) is 58.6 Å². The van der Waals surface area contributed by atoms with Crippen molar-refractivity contribution in [1.82, 2.24) is 9.97 Å². The lowest BCUT2D eigenvalue weighted by Gasteiger charge is -2.39. The maximum atomic E-state index is 5.63. The lowest BCUT2D eigenvalue weighted by Crippen LogP contribution is -2.39. The first-order valence-corrected chi connectivity index (χ1v) is 7.76. The molecule has 0 bridgehead atoms. The minimum atomic E-state index is 0.301. The molecular formula is C16H27N3O. The molecule has 1 aromatic heterocycles. The summed E-state index contributed by atoms with van der Waals surface area (Å²) in [6.45, 7) is 9.43. The van der Waals surface area contributed by atoms with Gasteiger partial charge in [0.05, 0.1) is 6.61 Å². The highest BCUT2D eigenvalue weighted by atomic mass is 16.5. The van der Waals surface area contributed by atoms with Crippen LogP contribution in [0.5, 0.6) is 5.88 Å². The Hall–Kier alpha value is -1.32. The average molecular weight is 277 g/mol. The van der Waals surface area contributed by atoms with Crippen molar-refractivity contribution in [1.29, 1.82) is 0 Å². The Labute approximate surface area is 122 Å². The highest BCUT2D eigenvalue weighted by molar-refractivity contribution is 5.32. The Bertz CT molecular complexity index is 445. The van der Waals surface area contributed by atoms with Crippen LogP contribution in [0, 0.1) is 12.3 Å². The lowest BCUT2D eigenvalue weighted by molar-refractivity contribution is 0.216. The summed E-state index contributed by atoms with van der Waals surface area (Å²) >= 11 is 0. The lowest BCUT2D eigenvalue weighted by atomic mass is 9.73. The largest absolute Gasteiger partial charge is 0.478 e. The van der Waals surface area contributed by atoms with Crippen molar-refractivity contribution in [2.24, 2.45) is 5.41 Å². The van der Waals surface area contributed by atoms with E-state index in [1.54, 1.807) is 0 Å². The second-order valence-electron chi connectivity index (χ2n) is 6.45. The van der Waals surface area contributed by atoms with Crippen LogP contribution in [0.3, 0.4) is 0 Å². The van der Waals surface area contributed by atoms with Crippen LogP contribution >= 0.6 is 0 Å². The second-order valence-corrected chi connectivity index (χ2v) is 6.45. The molecule has 1 aromatic rings. The monoisotopic (exact) mass is 277 g/mol. The van der Waals surface area contributed by atoms with Crippen LogP contribution in [-0.4, -0.2) is 22.6 Å². The molecule has 0 aromatic carbocycles. The van der Waals surface area contributed by atoms with Gasteiger partial charge in [-0.3, -0.25) is 0 Å². The number of rotatable bonds is 5. The molecule has 0 aliphatic heterocycles. The summed E-state index contributed by atoms with van der Waals surface area (Å²) in [6.07, 6.45) is 6.05. The van der Waals surface area contributed by atoms with Crippen molar-refractivity contribution in [2.45, 2.75) is 65.8 Å². The molecule has 112 valence electrons. The number of ether oxygens (including phenoxy) is 1. The molecule has 1 aliphatic rings. The van der Waals surface area contributed by atoms with Gasteiger partial charge in [0, 0.05) is 17.8 Å². The van der Waals surface area contributed by atoms with E-state index in [2.05, 4.69) is 36.1 Å². The van der Waals surface area contributed by atoms with E-state index in [9.17, 15) is 0 Å². The van der Waals surface area contributed by atoms with Crippen molar-refractivity contribution in [3.8, 4) is 5.88 Å². The van der Waals surface area contributed by atoms with E-state index in [1.807, 2.05) is 13.0 Å². The zero-order chi connectivity index (χ0) is 14.6. The molecule has 1 N–H and O–H groups in total. The van der Waals surface area contributed by atoms with Gasteiger partial charge in [-0.1, -0.05) is 33.6 Å². The van der Waals surface area contributed by atoms with Crippen molar-refractivity contribution >= 4 is 5.95 Å². The zero-order valence-corrected chi connectivity index (χ0v) is 13.2. The van der Waals surface area contributed by atoms with E-state index < -0.39 is 0 Å². The summed E-state index contributed by atoms with van der Waals surface area (Å²) in [5, 5.41) is 3.53. The standard InChI is InChI=1S/C16H27N3O/c1-5-10-20-14-11-12(2)17-15(19-14)18-13-8-6-7-9-16(13,3)4/h11,13H,5-10H2,1-4H3,(H,17,18,19). The van der Waals surface area contributed by atoms with Crippen LogP contribution in [0.2, 0.25) is 0 Å². The van der Waals surface area contributed by atoms with Gasteiger partial charge in [0.15, 0.2) is 0 Å². The first kappa shape index (κ1) is 15.1. The third kappa shape index (κ3) is 3.84. The van der Waals surface area contributed by atoms with Crippen LogP contribution in [0.25, 0.3) is 0 Å². The number of nitrogens with zero attached hydrogens (tertiary/aromatic N) is 2. The Morgan fingerprint density at radius 2 is 2.15 bits per heavy atom. The van der Waals surface area contributed by atoms with Crippen molar-refractivity contribution < 1.29 is 4.74 Å². The van der Waals surface area contributed by atoms with Gasteiger partial charge >= 0.3 is 0 Å². The molecule has 2 rings (SSSR count). The summed E-state index contributed by atoms with van der Waals surface area (Å²) in [5.74, 6) is 1.38. The third-order valence-corrected chi connectivity index (χ3v) is 4.10. The van der Waals surface area contributed by atoms with Crippen LogP contribution < -0.4 is 10.1 Å². The van der Waals surface area contributed by atoms with E-state index >= 15 is 0 Å². The highest BCUT2D eigenvalue weighted by Gasteiger charge is 2.32. The fraction of sp³-hybridized carbons (Fsp3) is 0.750. The molecule has 0 amide bonds. The van der Waals surface area contributed by atoms with Gasteiger partial charge in [-0.05, 0) is 31.6 Å².